The van der Waals surface area contributed by atoms with Crippen molar-refractivity contribution in [3.8, 4) is 0 Å². The molecule has 3 aliphatic heterocycles. The summed E-state index contributed by atoms with van der Waals surface area (Å²) in [7, 11) is 0. The van der Waals surface area contributed by atoms with Crippen molar-refractivity contribution >= 4 is 5.91 Å². The first kappa shape index (κ1) is 95.1. The molecule has 19 nitrogen and oxygen atoms in total. The summed E-state index contributed by atoms with van der Waals surface area (Å²) < 4.78 is 34.4. The van der Waals surface area contributed by atoms with Gasteiger partial charge in [0.15, 0.2) is 18.9 Å². The van der Waals surface area contributed by atoms with Gasteiger partial charge in [0.05, 0.1) is 38.6 Å². The monoisotopic (exact) mass is 1480 g/mol. The summed E-state index contributed by atoms with van der Waals surface area (Å²) in [5.41, 5.74) is 0. The molecule has 3 aliphatic rings. The van der Waals surface area contributed by atoms with Gasteiger partial charge in [0, 0.05) is 6.42 Å². The van der Waals surface area contributed by atoms with E-state index in [0.29, 0.717) is 12.8 Å². The number of aliphatic hydroxyl groups excluding tert-OH is 11. The van der Waals surface area contributed by atoms with Gasteiger partial charge in [-0.05, 0) is 109 Å². The molecule has 0 spiro atoms. The summed E-state index contributed by atoms with van der Waals surface area (Å²) in [4.78, 5) is 13.5. The van der Waals surface area contributed by atoms with Crippen LogP contribution in [0.3, 0.4) is 0 Å². The predicted octanol–water partition coefficient (Wildman–Crippen LogP) is 14.1. The predicted molar refractivity (Wildman–Crippen MR) is 419 cm³/mol. The number of unbranched alkanes of at least 4 members (excludes halogenated alkanes) is 27. The Morgan fingerprint density at radius 3 is 1.07 bits per heavy atom. The fourth-order valence-corrected chi connectivity index (χ4v) is 12.9. The van der Waals surface area contributed by atoms with Crippen molar-refractivity contribution in [2.75, 3.05) is 26.4 Å². The number of carbonyl (C=O) groups is 1. The van der Waals surface area contributed by atoms with E-state index in [4.69, 9.17) is 28.4 Å². The maximum Gasteiger partial charge on any atom is 0.220 e. The van der Waals surface area contributed by atoms with Gasteiger partial charge in [-0.1, -0.05) is 289 Å². The average Bonchev–Trinajstić information content (AvgIpc) is 0.780. The van der Waals surface area contributed by atoms with Crippen LogP contribution in [0.25, 0.3) is 0 Å². The van der Waals surface area contributed by atoms with Gasteiger partial charge in [0.25, 0.3) is 0 Å². The second-order valence-corrected chi connectivity index (χ2v) is 28.5. The zero-order chi connectivity index (χ0) is 76.0. The number of nitrogens with one attached hydrogen (secondary N) is 1. The number of ether oxygens (including phenoxy) is 6. The summed E-state index contributed by atoms with van der Waals surface area (Å²) in [5.74, 6) is -0.302. The molecule has 0 aromatic heterocycles. The smallest absolute Gasteiger partial charge is 0.220 e. The highest BCUT2D eigenvalue weighted by Gasteiger charge is 2.54. The van der Waals surface area contributed by atoms with Crippen LogP contribution < -0.4 is 5.32 Å². The summed E-state index contributed by atoms with van der Waals surface area (Å²) in [6.45, 7) is 1.60. The molecule has 602 valence electrons. The Labute approximate surface area is 632 Å². The lowest BCUT2D eigenvalue weighted by Gasteiger charge is -2.48. The van der Waals surface area contributed by atoms with Gasteiger partial charge >= 0.3 is 0 Å². The van der Waals surface area contributed by atoms with Gasteiger partial charge < -0.3 is 89.9 Å². The van der Waals surface area contributed by atoms with Crippen LogP contribution in [-0.4, -0.2) is 193 Å². The number of carbonyl (C=O) groups excluding carboxylic acids is 1. The molecule has 105 heavy (non-hydrogen) atoms. The Morgan fingerprint density at radius 2 is 0.667 bits per heavy atom. The molecule has 17 unspecified atom stereocenters. The molecule has 3 rings (SSSR count). The van der Waals surface area contributed by atoms with Gasteiger partial charge in [-0.25, -0.2) is 0 Å². The molecular weight excluding hydrogens is 1330 g/mol. The second-order valence-electron chi connectivity index (χ2n) is 28.5. The lowest BCUT2D eigenvalue weighted by Crippen LogP contribution is -2.66. The minimum absolute atomic E-state index is 0.213. The number of hydrogen-bond acceptors (Lipinski definition) is 18. The molecule has 1 amide bonds. The van der Waals surface area contributed by atoms with Crippen LogP contribution in [0.15, 0.2) is 134 Å². The molecule has 0 aliphatic carbocycles. The molecule has 0 saturated carbocycles. The van der Waals surface area contributed by atoms with Crippen LogP contribution in [0.5, 0.6) is 0 Å². The lowest BCUT2D eigenvalue weighted by molar-refractivity contribution is -0.379. The highest BCUT2D eigenvalue weighted by Crippen LogP contribution is 2.33. The molecule has 0 bridgehead atoms. The van der Waals surface area contributed by atoms with Crippen LogP contribution in [0.1, 0.15) is 271 Å². The van der Waals surface area contributed by atoms with Crippen molar-refractivity contribution in [1.29, 1.82) is 0 Å². The number of hydrogen-bond donors (Lipinski definition) is 12. The molecule has 17 atom stereocenters. The third-order valence-corrected chi connectivity index (χ3v) is 19.4. The maximum atomic E-state index is 13.5. The topological polar surface area (TPSA) is 307 Å². The Bertz CT molecular complexity index is 2420. The van der Waals surface area contributed by atoms with E-state index >= 15 is 0 Å². The molecule has 3 heterocycles. The number of allylic oxidation sites excluding steroid dienone is 21. The highest BCUT2D eigenvalue weighted by atomic mass is 16.8. The summed E-state index contributed by atoms with van der Waals surface area (Å²) >= 11 is 0. The van der Waals surface area contributed by atoms with Crippen LogP contribution >= 0.6 is 0 Å². The van der Waals surface area contributed by atoms with Crippen molar-refractivity contribution in [1.82, 2.24) is 5.32 Å². The Balaban J connectivity index is 1.40. The standard InChI is InChI=1S/C86H145NO18/c1-3-5-7-9-11-13-15-17-19-21-23-25-27-29-31-32-33-34-35-36-38-40-42-44-46-48-50-52-54-56-58-60-62-64-74(92)87-69(70(91)63-61-59-57-55-53-51-49-47-45-43-41-39-37-30-28-26-24-22-20-18-16-14-12-10-8-6-4-2)68-100-84-80(98)77(95)82(72(66-89)102-84)105-86-81(99)78(96)83(73(67-90)103-86)104-85-79(97)76(94)75(93)71(65-88)101-85/h5,7,11,13,17,19,23,25,29,31,33-34,36,38,42,44-45,47,53,55,61,63,69-73,75-86,88-91,93-99H,3-4,6,8-10,12,14-16,18,20-22,24,26-28,30,32,35,37,39-41,43,46,48-52,54,56-60,62,64-68H2,1-2H3,(H,87,92)/b7-5-,13-11-,19-17-,25-23-,31-29-,34-33-,38-36-,44-42-,47-45+,55-53+,63-61+. The van der Waals surface area contributed by atoms with Crippen molar-refractivity contribution in [2.45, 2.75) is 375 Å². The first-order valence-electron chi connectivity index (χ1n) is 40.9. The van der Waals surface area contributed by atoms with Crippen molar-refractivity contribution in [3.05, 3.63) is 134 Å². The summed E-state index contributed by atoms with van der Waals surface area (Å²) in [6.07, 6.45) is 65.7. The lowest BCUT2D eigenvalue weighted by atomic mass is 9.96. The van der Waals surface area contributed by atoms with E-state index in [1.807, 2.05) is 6.08 Å². The second kappa shape index (κ2) is 64.7. The molecular formula is C86H145NO18. The minimum atomic E-state index is -1.99. The normalized spacial score (nSPS) is 26.5. The fraction of sp³-hybridized carbons (Fsp3) is 0.733. The molecule has 12 N–H and O–H groups in total. The molecule has 3 saturated heterocycles. The van der Waals surface area contributed by atoms with E-state index in [9.17, 15) is 61.0 Å². The minimum Gasteiger partial charge on any atom is -0.394 e. The third kappa shape index (κ3) is 44.4. The first-order valence-corrected chi connectivity index (χ1v) is 40.9. The molecule has 0 aromatic rings. The number of amides is 1. The Morgan fingerprint density at radius 1 is 0.352 bits per heavy atom. The van der Waals surface area contributed by atoms with Gasteiger partial charge in [0.1, 0.15) is 73.2 Å². The molecule has 0 aromatic carbocycles. The molecule has 19 heteroatoms. The van der Waals surface area contributed by atoms with E-state index in [1.165, 1.54) is 116 Å². The quantitative estimate of drug-likeness (QED) is 0.0199. The van der Waals surface area contributed by atoms with E-state index in [1.54, 1.807) is 6.08 Å². The first-order chi connectivity index (χ1) is 51.3. The van der Waals surface area contributed by atoms with Gasteiger partial charge in [0.2, 0.25) is 5.91 Å². The van der Waals surface area contributed by atoms with Gasteiger partial charge in [-0.15, -0.1) is 0 Å². The van der Waals surface area contributed by atoms with E-state index in [2.05, 4.69) is 141 Å². The maximum absolute atomic E-state index is 13.5. The summed E-state index contributed by atoms with van der Waals surface area (Å²) in [6, 6.07) is -1.01. The van der Waals surface area contributed by atoms with Crippen LogP contribution in [-0.2, 0) is 33.2 Å². The zero-order valence-electron chi connectivity index (χ0n) is 64.4. The van der Waals surface area contributed by atoms with E-state index < -0.39 is 124 Å². The van der Waals surface area contributed by atoms with Crippen molar-refractivity contribution < 1.29 is 89.4 Å². The van der Waals surface area contributed by atoms with Crippen molar-refractivity contribution in [3.63, 3.8) is 0 Å². The SMILES string of the molecule is CC/C=C\C/C=C\C/C=C\C/C=C\C/C=C\C/C=C\C/C=C\C/C=C\CCCCCCCCCCC(=O)NC(COC1OC(CO)C(OC2OC(CO)C(OC3OC(CO)C(O)C(O)C3O)C(O)C2O)C(O)C1O)C(O)/C=C/CC/C=C/CC/C=C/CCCCCCCCCCCCCCCCCCC. The van der Waals surface area contributed by atoms with E-state index in [-0.39, 0.29) is 18.9 Å². The number of aliphatic hydroxyl groups is 11. The van der Waals surface area contributed by atoms with Gasteiger partial charge in [-0.3, -0.25) is 4.79 Å². The zero-order valence-corrected chi connectivity index (χ0v) is 64.4. The third-order valence-electron chi connectivity index (χ3n) is 19.4. The van der Waals surface area contributed by atoms with E-state index in [0.717, 1.165) is 122 Å². The van der Waals surface area contributed by atoms with Gasteiger partial charge in [-0.2, -0.15) is 0 Å². The number of rotatable bonds is 63. The highest BCUT2D eigenvalue weighted by molar-refractivity contribution is 5.76. The van der Waals surface area contributed by atoms with Crippen LogP contribution in [0.2, 0.25) is 0 Å². The fourth-order valence-electron chi connectivity index (χ4n) is 12.9. The average molecular weight is 1480 g/mol. The molecule has 0 radical (unpaired) electrons. The largest absolute Gasteiger partial charge is 0.394 e. The summed E-state index contributed by atoms with van der Waals surface area (Å²) in [5, 5.41) is 121. The van der Waals surface area contributed by atoms with Crippen LogP contribution in [0, 0.1) is 0 Å². The Kier molecular flexibility index (Phi) is 58.6. The van der Waals surface area contributed by atoms with Crippen molar-refractivity contribution in [2.24, 2.45) is 0 Å². The van der Waals surface area contributed by atoms with Crippen LogP contribution in [0.4, 0.5) is 0 Å². The Hall–Kier alpha value is -4.07. The molecule has 3 fully saturated rings.